The molecule has 0 aliphatic carbocycles. The Balaban J connectivity index is 1.99. The SMILES string of the molecule is CCn1cc(N)cc1C(=O)NC(C)C(=O)N1CCCCC1. The molecule has 1 atom stereocenters. The maximum absolute atomic E-state index is 12.3. The molecule has 1 unspecified atom stereocenters. The summed E-state index contributed by atoms with van der Waals surface area (Å²) in [6.07, 6.45) is 4.99. The van der Waals surface area contributed by atoms with Crippen molar-refractivity contribution in [2.75, 3.05) is 18.8 Å². The predicted octanol–water partition coefficient (Wildman–Crippen LogP) is 1.22. The summed E-state index contributed by atoms with van der Waals surface area (Å²) in [5, 5.41) is 2.77. The summed E-state index contributed by atoms with van der Waals surface area (Å²) < 4.78 is 1.78. The number of nitrogens with one attached hydrogen (secondary N) is 1. The number of nitrogens with zero attached hydrogens (tertiary/aromatic N) is 2. The Bertz CT molecular complexity index is 518. The third-order valence-corrected chi connectivity index (χ3v) is 3.88. The number of rotatable bonds is 4. The molecule has 116 valence electrons. The topological polar surface area (TPSA) is 80.4 Å². The lowest BCUT2D eigenvalue weighted by molar-refractivity contribution is -0.133. The third-order valence-electron chi connectivity index (χ3n) is 3.88. The smallest absolute Gasteiger partial charge is 0.268 e. The first kappa shape index (κ1) is 15.4. The van der Waals surface area contributed by atoms with Crippen molar-refractivity contribution in [1.29, 1.82) is 0 Å². The molecule has 1 aliphatic rings. The average Bonchev–Trinajstić information content (AvgIpc) is 2.88. The molecule has 2 heterocycles. The summed E-state index contributed by atoms with van der Waals surface area (Å²) >= 11 is 0. The molecule has 1 aromatic heterocycles. The van der Waals surface area contributed by atoms with Crippen LogP contribution in [0.5, 0.6) is 0 Å². The number of carbonyl (C=O) groups excluding carboxylic acids is 2. The molecule has 0 radical (unpaired) electrons. The maximum Gasteiger partial charge on any atom is 0.268 e. The van der Waals surface area contributed by atoms with E-state index in [2.05, 4.69) is 5.32 Å². The van der Waals surface area contributed by atoms with Crippen molar-refractivity contribution in [3.8, 4) is 0 Å². The fourth-order valence-electron chi connectivity index (χ4n) is 2.71. The molecule has 1 aliphatic heterocycles. The summed E-state index contributed by atoms with van der Waals surface area (Å²) in [6.45, 7) is 5.92. The van der Waals surface area contributed by atoms with Gasteiger partial charge in [-0.3, -0.25) is 9.59 Å². The molecular formula is C15H24N4O2. The minimum Gasteiger partial charge on any atom is -0.397 e. The number of amides is 2. The Morgan fingerprint density at radius 1 is 1.33 bits per heavy atom. The van der Waals surface area contributed by atoms with Crippen LogP contribution in [-0.4, -0.2) is 40.4 Å². The van der Waals surface area contributed by atoms with Crippen LogP contribution in [-0.2, 0) is 11.3 Å². The minimum atomic E-state index is -0.517. The van der Waals surface area contributed by atoms with Crippen molar-refractivity contribution in [3.63, 3.8) is 0 Å². The molecule has 0 aromatic carbocycles. The quantitative estimate of drug-likeness (QED) is 0.875. The molecule has 21 heavy (non-hydrogen) atoms. The van der Waals surface area contributed by atoms with E-state index in [4.69, 9.17) is 5.73 Å². The summed E-state index contributed by atoms with van der Waals surface area (Å²) in [6, 6.07) is 1.12. The third kappa shape index (κ3) is 3.56. The van der Waals surface area contributed by atoms with Crippen LogP contribution in [0.1, 0.15) is 43.6 Å². The van der Waals surface area contributed by atoms with Crippen molar-refractivity contribution in [3.05, 3.63) is 18.0 Å². The maximum atomic E-state index is 12.3. The Morgan fingerprint density at radius 2 is 2.00 bits per heavy atom. The van der Waals surface area contributed by atoms with Gasteiger partial charge in [0.15, 0.2) is 0 Å². The molecule has 3 N–H and O–H groups in total. The van der Waals surface area contributed by atoms with Crippen molar-refractivity contribution in [2.45, 2.75) is 45.7 Å². The number of hydrogen-bond acceptors (Lipinski definition) is 3. The van der Waals surface area contributed by atoms with Gasteiger partial charge in [0.1, 0.15) is 11.7 Å². The minimum absolute atomic E-state index is 0.00868. The van der Waals surface area contributed by atoms with Crippen LogP contribution in [0.25, 0.3) is 0 Å². The van der Waals surface area contributed by atoms with Gasteiger partial charge in [0.05, 0.1) is 5.69 Å². The van der Waals surface area contributed by atoms with E-state index in [-0.39, 0.29) is 11.8 Å². The van der Waals surface area contributed by atoms with E-state index in [1.165, 1.54) is 6.42 Å². The summed E-state index contributed by atoms with van der Waals surface area (Å²) in [5.41, 5.74) is 6.77. The molecular weight excluding hydrogens is 268 g/mol. The number of piperidine rings is 1. The first-order valence-electron chi connectivity index (χ1n) is 7.58. The molecule has 0 saturated carbocycles. The molecule has 6 heteroatoms. The first-order valence-corrected chi connectivity index (χ1v) is 7.58. The lowest BCUT2D eigenvalue weighted by atomic mass is 10.1. The number of aryl methyl sites for hydroxylation is 1. The lowest BCUT2D eigenvalue weighted by Gasteiger charge is -2.29. The van der Waals surface area contributed by atoms with Gasteiger partial charge in [-0.15, -0.1) is 0 Å². The molecule has 6 nitrogen and oxygen atoms in total. The van der Waals surface area contributed by atoms with Crippen molar-refractivity contribution in [1.82, 2.24) is 14.8 Å². The summed E-state index contributed by atoms with van der Waals surface area (Å²) in [7, 11) is 0. The highest BCUT2D eigenvalue weighted by atomic mass is 16.2. The standard InChI is InChI=1S/C15H24N4O2/c1-3-18-10-12(16)9-13(18)14(20)17-11(2)15(21)19-7-5-4-6-8-19/h9-11H,3-8,16H2,1-2H3,(H,17,20). The normalized spacial score (nSPS) is 16.6. The zero-order chi connectivity index (χ0) is 15.4. The molecule has 2 rings (SSSR count). The molecule has 0 spiro atoms. The van der Waals surface area contributed by atoms with Crippen LogP contribution < -0.4 is 11.1 Å². The number of anilines is 1. The van der Waals surface area contributed by atoms with Gasteiger partial charge in [-0.2, -0.15) is 0 Å². The van der Waals surface area contributed by atoms with Crippen LogP contribution in [0, 0.1) is 0 Å². The zero-order valence-electron chi connectivity index (χ0n) is 12.8. The van der Waals surface area contributed by atoms with E-state index in [9.17, 15) is 9.59 Å². The van der Waals surface area contributed by atoms with Crippen molar-refractivity contribution >= 4 is 17.5 Å². The van der Waals surface area contributed by atoms with Gasteiger partial charge in [0.2, 0.25) is 5.91 Å². The monoisotopic (exact) mass is 292 g/mol. The second kappa shape index (κ2) is 6.65. The van der Waals surface area contributed by atoms with E-state index in [1.807, 2.05) is 11.8 Å². The molecule has 2 amide bonds. The number of likely N-dealkylation sites (tertiary alicyclic amines) is 1. The molecule has 1 fully saturated rings. The van der Waals surface area contributed by atoms with E-state index in [0.717, 1.165) is 25.9 Å². The lowest BCUT2D eigenvalue weighted by Crippen LogP contribution is -2.48. The highest BCUT2D eigenvalue weighted by Crippen LogP contribution is 2.12. The van der Waals surface area contributed by atoms with Gasteiger partial charge in [0, 0.05) is 25.8 Å². The molecule has 1 aromatic rings. The largest absolute Gasteiger partial charge is 0.397 e. The highest BCUT2D eigenvalue weighted by Gasteiger charge is 2.24. The van der Waals surface area contributed by atoms with Crippen LogP contribution in [0.3, 0.4) is 0 Å². The first-order chi connectivity index (χ1) is 10.0. The Labute approximate surface area is 125 Å². The second-order valence-electron chi connectivity index (χ2n) is 5.53. The number of carbonyl (C=O) groups is 2. The fraction of sp³-hybridized carbons (Fsp3) is 0.600. The summed E-state index contributed by atoms with van der Waals surface area (Å²) in [4.78, 5) is 26.4. The van der Waals surface area contributed by atoms with E-state index < -0.39 is 6.04 Å². The highest BCUT2D eigenvalue weighted by molar-refractivity contribution is 5.97. The second-order valence-corrected chi connectivity index (χ2v) is 5.53. The van der Waals surface area contributed by atoms with E-state index >= 15 is 0 Å². The van der Waals surface area contributed by atoms with Gasteiger partial charge in [-0.1, -0.05) is 0 Å². The number of hydrogen-bond donors (Lipinski definition) is 2. The number of nitrogen functional groups attached to an aromatic ring is 1. The van der Waals surface area contributed by atoms with Crippen molar-refractivity contribution in [2.24, 2.45) is 0 Å². The fourth-order valence-corrected chi connectivity index (χ4v) is 2.71. The van der Waals surface area contributed by atoms with E-state index in [0.29, 0.717) is 17.9 Å². The van der Waals surface area contributed by atoms with Gasteiger partial charge < -0.3 is 20.5 Å². The Hall–Kier alpha value is -1.98. The predicted molar refractivity (Wildman–Crippen MR) is 81.9 cm³/mol. The average molecular weight is 292 g/mol. The van der Waals surface area contributed by atoms with Gasteiger partial charge >= 0.3 is 0 Å². The zero-order valence-corrected chi connectivity index (χ0v) is 12.8. The van der Waals surface area contributed by atoms with Gasteiger partial charge in [0.25, 0.3) is 5.91 Å². The van der Waals surface area contributed by atoms with Crippen LogP contribution in [0.4, 0.5) is 5.69 Å². The number of aromatic nitrogens is 1. The van der Waals surface area contributed by atoms with Gasteiger partial charge in [-0.05, 0) is 39.2 Å². The van der Waals surface area contributed by atoms with E-state index in [1.54, 1.807) is 23.8 Å². The van der Waals surface area contributed by atoms with Crippen LogP contribution >= 0.6 is 0 Å². The molecule has 0 bridgehead atoms. The Morgan fingerprint density at radius 3 is 2.62 bits per heavy atom. The van der Waals surface area contributed by atoms with Crippen LogP contribution in [0.15, 0.2) is 12.3 Å². The Kier molecular flexibility index (Phi) is 4.88. The van der Waals surface area contributed by atoms with Crippen LogP contribution in [0.2, 0.25) is 0 Å². The molecule has 1 saturated heterocycles. The summed E-state index contributed by atoms with van der Waals surface area (Å²) in [5.74, 6) is -0.267. The van der Waals surface area contributed by atoms with Gasteiger partial charge in [-0.25, -0.2) is 0 Å². The number of nitrogens with two attached hydrogens (primary N) is 1. The van der Waals surface area contributed by atoms with Crippen molar-refractivity contribution < 1.29 is 9.59 Å².